The molecule has 19 heavy (non-hydrogen) atoms. The van der Waals surface area contributed by atoms with Gasteiger partial charge in [-0.3, -0.25) is 10.3 Å². The van der Waals surface area contributed by atoms with Gasteiger partial charge in [0.15, 0.2) is 0 Å². The second kappa shape index (κ2) is 6.68. The van der Waals surface area contributed by atoms with Gasteiger partial charge >= 0.3 is 6.09 Å². The zero-order valence-corrected chi connectivity index (χ0v) is 12.9. The van der Waals surface area contributed by atoms with Crippen molar-refractivity contribution in [3.63, 3.8) is 0 Å². The third-order valence-corrected chi connectivity index (χ3v) is 4.27. The number of carbonyl (C=O) groups excluding carboxylic acids is 1. The summed E-state index contributed by atoms with van der Waals surface area (Å²) in [5.41, 5.74) is 1.48. The lowest BCUT2D eigenvalue weighted by molar-refractivity contribution is 0.155. The van der Waals surface area contributed by atoms with Gasteiger partial charge < -0.3 is 4.74 Å². The van der Waals surface area contributed by atoms with E-state index in [0.29, 0.717) is 5.69 Å². The minimum atomic E-state index is -0.524. The lowest BCUT2D eigenvalue weighted by Gasteiger charge is -2.08. The van der Waals surface area contributed by atoms with Crippen LogP contribution in [0.5, 0.6) is 0 Å². The highest BCUT2D eigenvalue weighted by atomic mass is 79.9. The molecule has 1 aromatic carbocycles. The maximum absolute atomic E-state index is 11.7. The van der Waals surface area contributed by atoms with Gasteiger partial charge in [-0.1, -0.05) is 30.3 Å². The van der Waals surface area contributed by atoms with E-state index >= 15 is 0 Å². The first-order chi connectivity index (χ1) is 9.16. The standard InChI is InChI=1S/C13H10Br2N2O2/c14-10-6-16-7-11(12(10)15)17-13(18)19-8-9-4-2-1-3-5-9/h1-7H,8H2,(H,17,18). The van der Waals surface area contributed by atoms with Gasteiger partial charge in [-0.2, -0.15) is 0 Å². The minimum Gasteiger partial charge on any atom is -0.444 e. The number of aromatic nitrogens is 1. The van der Waals surface area contributed by atoms with Gasteiger partial charge in [0.25, 0.3) is 0 Å². The third-order valence-electron chi connectivity index (χ3n) is 2.29. The average Bonchev–Trinajstić information content (AvgIpc) is 2.43. The van der Waals surface area contributed by atoms with Gasteiger partial charge in [0.05, 0.1) is 20.8 Å². The van der Waals surface area contributed by atoms with Crippen LogP contribution in [0.15, 0.2) is 51.7 Å². The van der Waals surface area contributed by atoms with E-state index in [0.717, 1.165) is 14.5 Å². The first kappa shape index (κ1) is 14.0. The van der Waals surface area contributed by atoms with Crippen LogP contribution in [0.1, 0.15) is 5.56 Å². The summed E-state index contributed by atoms with van der Waals surface area (Å²) in [7, 11) is 0. The van der Waals surface area contributed by atoms with Crippen molar-refractivity contribution in [1.82, 2.24) is 4.98 Å². The molecule has 0 saturated heterocycles. The van der Waals surface area contributed by atoms with Gasteiger partial charge in [-0.25, -0.2) is 4.79 Å². The molecule has 0 aliphatic rings. The number of benzene rings is 1. The van der Waals surface area contributed by atoms with Crippen molar-refractivity contribution in [2.75, 3.05) is 5.32 Å². The van der Waals surface area contributed by atoms with Crippen LogP contribution in [0, 0.1) is 0 Å². The van der Waals surface area contributed by atoms with E-state index in [1.54, 1.807) is 12.4 Å². The molecule has 1 aromatic heterocycles. The van der Waals surface area contributed by atoms with E-state index in [-0.39, 0.29) is 6.61 Å². The Labute approximate surface area is 127 Å². The normalized spacial score (nSPS) is 10.0. The number of pyridine rings is 1. The smallest absolute Gasteiger partial charge is 0.412 e. The fourth-order valence-corrected chi connectivity index (χ4v) is 2.01. The van der Waals surface area contributed by atoms with Crippen LogP contribution in [-0.2, 0) is 11.3 Å². The van der Waals surface area contributed by atoms with Crippen LogP contribution >= 0.6 is 31.9 Å². The maximum atomic E-state index is 11.7. The Hall–Kier alpha value is -1.40. The summed E-state index contributed by atoms with van der Waals surface area (Å²) < 4.78 is 6.59. The lowest BCUT2D eigenvalue weighted by Crippen LogP contribution is -2.14. The fourth-order valence-electron chi connectivity index (χ4n) is 1.38. The molecule has 1 amide bonds. The summed E-state index contributed by atoms with van der Waals surface area (Å²) >= 11 is 6.66. The number of hydrogen-bond donors (Lipinski definition) is 1. The average molecular weight is 386 g/mol. The zero-order chi connectivity index (χ0) is 13.7. The van der Waals surface area contributed by atoms with Crippen molar-refractivity contribution < 1.29 is 9.53 Å². The topological polar surface area (TPSA) is 51.2 Å². The maximum Gasteiger partial charge on any atom is 0.412 e. The Morgan fingerprint density at radius 3 is 2.68 bits per heavy atom. The highest BCUT2D eigenvalue weighted by Crippen LogP contribution is 2.29. The summed E-state index contributed by atoms with van der Waals surface area (Å²) in [6.45, 7) is 0.228. The lowest BCUT2D eigenvalue weighted by atomic mass is 10.2. The largest absolute Gasteiger partial charge is 0.444 e. The molecular weight excluding hydrogens is 376 g/mol. The van der Waals surface area contributed by atoms with Crippen LogP contribution in [0.4, 0.5) is 10.5 Å². The number of nitrogens with one attached hydrogen (secondary N) is 1. The summed E-state index contributed by atoms with van der Waals surface area (Å²) in [6.07, 6.45) is 2.65. The molecule has 2 aromatic rings. The number of hydrogen-bond acceptors (Lipinski definition) is 3. The van der Waals surface area contributed by atoms with Crippen LogP contribution < -0.4 is 5.32 Å². The molecule has 2 rings (SSSR count). The molecule has 0 bridgehead atoms. The number of amides is 1. The number of carbonyl (C=O) groups is 1. The molecule has 0 spiro atoms. The number of ether oxygens (including phenoxy) is 1. The Kier molecular flexibility index (Phi) is 4.93. The minimum absolute atomic E-state index is 0.228. The summed E-state index contributed by atoms with van der Waals surface area (Å²) in [5, 5.41) is 2.62. The summed E-state index contributed by atoms with van der Waals surface area (Å²) in [6, 6.07) is 9.48. The van der Waals surface area contributed by atoms with Gasteiger partial charge in [0, 0.05) is 6.20 Å². The van der Waals surface area contributed by atoms with Gasteiger partial charge in [0.1, 0.15) is 6.61 Å². The van der Waals surface area contributed by atoms with Gasteiger partial charge in [-0.15, -0.1) is 0 Å². The molecule has 0 radical (unpaired) electrons. The highest BCUT2D eigenvalue weighted by Gasteiger charge is 2.09. The van der Waals surface area contributed by atoms with E-state index < -0.39 is 6.09 Å². The van der Waals surface area contributed by atoms with Crippen LogP contribution in [0.2, 0.25) is 0 Å². The van der Waals surface area contributed by atoms with E-state index in [1.807, 2.05) is 30.3 Å². The first-order valence-electron chi connectivity index (χ1n) is 5.43. The molecular formula is C13H10Br2N2O2. The molecule has 1 N–H and O–H groups in total. The Morgan fingerprint density at radius 2 is 1.95 bits per heavy atom. The quantitative estimate of drug-likeness (QED) is 0.854. The van der Waals surface area contributed by atoms with Crippen LogP contribution in [0.25, 0.3) is 0 Å². The van der Waals surface area contributed by atoms with Gasteiger partial charge in [-0.05, 0) is 37.4 Å². The molecule has 0 saturated carbocycles. The van der Waals surface area contributed by atoms with E-state index in [4.69, 9.17) is 4.74 Å². The molecule has 0 aliphatic heterocycles. The zero-order valence-electron chi connectivity index (χ0n) is 9.77. The van der Waals surface area contributed by atoms with Crippen LogP contribution in [0.3, 0.4) is 0 Å². The SMILES string of the molecule is O=C(Nc1cncc(Br)c1Br)OCc1ccccc1. The molecule has 0 unspecified atom stereocenters. The van der Waals surface area contributed by atoms with E-state index in [1.165, 1.54) is 0 Å². The second-order valence-electron chi connectivity index (χ2n) is 3.67. The molecule has 0 aliphatic carbocycles. The van der Waals surface area contributed by atoms with Crippen molar-refractivity contribution in [2.45, 2.75) is 6.61 Å². The van der Waals surface area contributed by atoms with Crippen molar-refractivity contribution >= 4 is 43.6 Å². The molecule has 4 nitrogen and oxygen atoms in total. The molecule has 0 atom stereocenters. The highest BCUT2D eigenvalue weighted by molar-refractivity contribution is 9.13. The van der Waals surface area contributed by atoms with E-state index in [9.17, 15) is 4.79 Å². The van der Waals surface area contributed by atoms with Gasteiger partial charge in [0.2, 0.25) is 0 Å². The molecule has 98 valence electrons. The number of anilines is 1. The predicted octanol–water partition coefficient (Wildman–Crippen LogP) is 4.36. The Morgan fingerprint density at radius 1 is 1.21 bits per heavy atom. The molecule has 1 heterocycles. The number of halogens is 2. The summed E-state index contributed by atoms with van der Waals surface area (Å²) in [5.74, 6) is 0. The molecule has 6 heteroatoms. The number of nitrogens with zero attached hydrogens (tertiary/aromatic N) is 1. The number of rotatable bonds is 3. The van der Waals surface area contributed by atoms with E-state index in [2.05, 4.69) is 42.2 Å². The first-order valence-corrected chi connectivity index (χ1v) is 7.02. The molecule has 0 fully saturated rings. The monoisotopic (exact) mass is 384 g/mol. The third kappa shape index (κ3) is 4.04. The van der Waals surface area contributed by atoms with Crippen molar-refractivity contribution in [3.8, 4) is 0 Å². The Balaban J connectivity index is 1.93. The summed E-state index contributed by atoms with van der Waals surface area (Å²) in [4.78, 5) is 15.6. The second-order valence-corrected chi connectivity index (χ2v) is 5.32. The fraction of sp³-hybridized carbons (Fsp3) is 0.0769. The Bertz CT molecular complexity index is 576. The van der Waals surface area contributed by atoms with Crippen molar-refractivity contribution in [1.29, 1.82) is 0 Å². The predicted molar refractivity (Wildman–Crippen MR) is 79.9 cm³/mol. The van der Waals surface area contributed by atoms with Crippen molar-refractivity contribution in [2.24, 2.45) is 0 Å². The van der Waals surface area contributed by atoms with Crippen LogP contribution in [-0.4, -0.2) is 11.1 Å². The van der Waals surface area contributed by atoms with Crippen molar-refractivity contribution in [3.05, 3.63) is 57.2 Å².